The minimum atomic E-state index is 0.479. The number of hydrogen-bond acceptors (Lipinski definition) is 4. The second kappa shape index (κ2) is 5.11. The fourth-order valence-electron chi connectivity index (χ4n) is 1.37. The molecule has 1 heterocycles. The van der Waals surface area contributed by atoms with Crippen LogP contribution in [-0.4, -0.2) is 34.0 Å². The summed E-state index contributed by atoms with van der Waals surface area (Å²) in [6.07, 6.45) is 6.56. The number of aryl methyl sites for hydroxylation is 1. The van der Waals surface area contributed by atoms with Gasteiger partial charge in [0.15, 0.2) is 0 Å². The molecule has 0 atom stereocenters. The molecule has 1 aromatic heterocycles. The summed E-state index contributed by atoms with van der Waals surface area (Å²) in [5.41, 5.74) is 0. The third-order valence-electron chi connectivity index (χ3n) is 2.39. The fourth-order valence-corrected chi connectivity index (χ4v) is 1.37. The molecule has 0 bridgehead atoms. The molecule has 5 heteroatoms. The zero-order valence-electron chi connectivity index (χ0n) is 9.15. The van der Waals surface area contributed by atoms with E-state index in [1.54, 1.807) is 11.0 Å². The van der Waals surface area contributed by atoms with Crippen LogP contribution in [0, 0.1) is 0 Å². The molecule has 1 fully saturated rings. The van der Waals surface area contributed by atoms with Crippen LogP contribution >= 0.6 is 0 Å². The zero-order valence-corrected chi connectivity index (χ0v) is 9.15. The first-order valence-corrected chi connectivity index (χ1v) is 5.56. The molecular weight excluding hydrogens is 192 g/mol. The van der Waals surface area contributed by atoms with Gasteiger partial charge in [-0.3, -0.25) is 4.68 Å². The van der Waals surface area contributed by atoms with Crippen LogP contribution in [0.5, 0.6) is 6.01 Å². The molecule has 15 heavy (non-hydrogen) atoms. The van der Waals surface area contributed by atoms with Crippen LogP contribution in [0.1, 0.15) is 25.7 Å². The van der Waals surface area contributed by atoms with Gasteiger partial charge >= 0.3 is 6.01 Å². The van der Waals surface area contributed by atoms with E-state index in [-0.39, 0.29) is 0 Å². The summed E-state index contributed by atoms with van der Waals surface area (Å²) < 4.78 is 7.02. The van der Waals surface area contributed by atoms with Gasteiger partial charge in [-0.1, -0.05) is 0 Å². The minimum Gasteiger partial charge on any atom is -0.462 e. The fraction of sp³-hybridized carbons (Fsp3) is 0.800. The van der Waals surface area contributed by atoms with Gasteiger partial charge in [-0.05, 0) is 32.2 Å². The zero-order chi connectivity index (χ0) is 10.5. The summed E-state index contributed by atoms with van der Waals surface area (Å²) >= 11 is 0. The van der Waals surface area contributed by atoms with Crippen molar-refractivity contribution in [3.8, 4) is 6.01 Å². The highest BCUT2D eigenvalue weighted by atomic mass is 16.5. The van der Waals surface area contributed by atoms with E-state index in [0.29, 0.717) is 12.6 Å². The van der Waals surface area contributed by atoms with E-state index < -0.39 is 0 Å². The van der Waals surface area contributed by atoms with Crippen molar-refractivity contribution in [1.82, 2.24) is 20.1 Å². The smallest absolute Gasteiger partial charge is 0.335 e. The summed E-state index contributed by atoms with van der Waals surface area (Å²) in [4.78, 5) is 3.99. The molecule has 84 valence electrons. The summed E-state index contributed by atoms with van der Waals surface area (Å²) in [6, 6.07) is 1.29. The van der Waals surface area contributed by atoms with Crippen LogP contribution in [-0.2, 0) is 7.05 Å². The first-order valence-electron chi connectivity index (χ1n) is 5.56. The van der Waals surface area contributed by atoms with Crippen molar-refractivity contribution in [3.63, 3.8) is 0 Å². The van der Waals surface area contributed by atoms with Gasteiger partial charge in [0.2, 0.25) is 0 Å². The molecule has 0 saturated heterocycles. The summed E-state index contributed by atoms with van der Waals surface area (Å²) in [5, 5.41) is 7.50. The lowest BCUT2D eigenvalue weighted by Gasteiger charge is -2.02. The van der Waals surface area contributed by atoms with Gasteiger partial charge in [-0.25, -0.2) is 0 Å². The Labute approximate surface area is 89.8 Å². The van der Waals surface area contributed by atoms with Crippen LogP contribution < -0.4 is 10.1 Å². The third-order valence-corrected chi connectivity index (χ3v) is 2.39. The number of aromatic nitrogens is 3. The highest BCUT2D eigenvalue weighted by molar-refractivity contribution is 4.86. The van der Waals surface area contributed by atoms with Gasteiger partial charge in [0.1, 0.15) is 6.33 Å². The van der Waals surface area contributed by atoms with E-state index in [1.165, 1.54) is 12.8 Å². The van der Waals surface area contributed by atoms with E-state index in [2.05, 4.69) is 15.4 Å². The highest BCUT2D eigenvalue weighted by Gasteiger charge is 2.19. The number of ether oxygens (including phenoxy) is 1. The lowest BCUT2D eigenvalue weighted by molar-refractivity contribution is 0.281. The molecule has 0 spiro atoms. The Balaban J connectivity index is 1.47. The minimum absolute atomic E-state index is 0.479. The Morgan fingerprint density at radius 2 is 2.40 bits per heavy atom. The second-order valence-electron chi connectivity index (χ2n) is 3.98. The highest BCUT2D eigenvalue weighted by Crippen LogP contribution is 2.18. The molecule has 0 amide bonds. The van der Waals surface area contributed by atoms with Crippen LogP contribution in [0.25, 0.3) is 0 Å². The van der Waals surface area contributed by atoms with Gasteiger partial charge < -0.3 is 10.1 Å². The molecule has 2 rings (SSSR count). The van der Waals surface area contributed by atoms with Crippen molar-refractivity contribution in [2.75, 3.05) is 13.2 Å². The van der Waals surface area contributed by atoms with Crippen LogP contribution in [0.2, 0.25) is 0 Å². The topological polar surface area (TPSA) is 52.0 Å². The monoisotopic (exact) mass is 210 g/mol. The van der Waals surface area contributed by atoms with Crippen molar-refractivity contribution < 1.29 is 4.74 Å². The number of unbranched alkanes of at least 4 members (excludes halogenated alkanes) is 1. The summed E-state index contributed by atoms with van der Waals surface area (Å²) in [7, 11) is 1.83. The van der Waals surface area contributed by atoms with Crippen molar-refractivity contribution in [3.05, 3.63) is 6.33 Å². The maximum atomic E-state index is 5.38. The van der Waals surface area contributed by atoms with E-state index in [1.807, 2.05) is 7.05 Å². The lowest BCUT2D eigenvalue weighted by atomic mass is 10.3. The van der Waals surface area contributed by atoms with Crippen LogP contribution in [0.3, 0.4) is 0 Å². The second-order valence-corrected chi connectivity index (χ2v) is 3.98. The molecule has 0 aromatic carbocycles. The molecule has 0 radical (unpaired) electrons. The van der Waals surface area contributed by atoms with Crippen molar-refractivity contribution in [1.29, 1.82) is 0 Å². The first kappa shape index (κ1) is 10.4. The molecule has 0 aliphatic heterocycles. The molecule has 0 unspecified atom stereocenters. The van der Waals surface area contributed by atoms with E-state index >= 15 is 0 Å². The Hall–Kier alpha value is -1.10. The van der Waals surface area contributed by atoms with Gasteiger partial charge in [-0.15, -0.1) is 5.10 Å². The molecule has 5 nitrogen and oxygen atoms in total. The molecule has 1 N–H and O–H groups in total. The van der Waals surface area contributed by atoms with Gasteiger partial charge in [0, 0.05) is 13.1 Å². The lowest BCUT2D eigenvalue weighted by Crippen LogP contribution is -2.18. The van der Waals surface area contributed by atoms with E-state index in [0.717, 1.165) is 25.4 Å². The Morgan fingerprint density at radius 3 is 3.07 bits per heavy atom. The van der Waals surface area contributed by atoms with Gasteiger partial charge in [-0.2, -0.15) is 4.98 Å². The van der Waals surface area contributed by atoms with Crippen LogP contribution in [0.15, 0.2) is 6.33 Å². The maximum Gasteiger partial charge on any atom is 0.335 e. The van der Waals surface area contributed by atoms with Crippen molar-refractivity contribution in [2.45, 2.75) is 31.7 Å². The molecule has 1 aliphatic rings. The Kier molecular flexibility index (Phi) is 3.55. The summed E-state index contributed by atoms with van der Waals surface area (Å²) in [5.74, 6) is 0. The number of rotatable bonds is 7. The first-order chi connectivity index (χ1) is 7.34. The molecule has 1 saturated carbocycles. The molecule has 1 aliphatic carbocycles. The average molecular weight is 210 g/mol. The van der Waals surface area contributed by atoms with Crippen LogP contribution in [0.4, 0.5) is 0 Å². The Morgan fingerprint density at radius 1 is 1.53 bits per heavy atom. The normalized spacial score (nSPS) is 15.5. The quantitative estimate of drug-likeness (QED) is 0.674. The number of hydrogen-bond donors (Lipinski definition) is 1. The Bertz CT molecular complexity index is 295. The predicted molar refractivity (Wildman–Crippen MR) is 56.8 cm³/mol. The largest absolute Gasteiger partial charge is 0.462 e. The van der Waals surface area contributed by atoms with Crippen molar-refractivity contribution >= 4 is 0 Å². The molecular formula is C10H18N4O. The molecule has 1 aromatic rings. The SMILES string of the molecule is Cn1cnc(OCCCCNC2CC2)n1. The summed E-state index contributed by atoms with van der Waals surface area (Å²) in [6.45, 7) is 1.81. The number of nitrogens with zero attached hydrogens (tertiary/aromatic N) is 3. The third kappa shape index (κ3) is 3.87. The van der Waals surface area contributed by atoms with E-state index in [9.17, 15) is 0 Å². The number of nitrogens with one attached hydrogen (secondary N) is 1. The van der Waals surface area contributed by atoms with Gasteiger partial charge in [0.25, 0.3) is 0 Å². The van der Waals surface area contributed by atoms with Gasteiger partial charge in [0.05, 0.1) is 6.61 Å². The average Bonchev–Trinajstić information content (AvgIpc) is 2.95. The van der Waals surface area contributed by atoms with Crippen molar-refractivity contribution in [2.24, 2.45) is 7.05 Å². The predicted octanol–water partition coefficient (Wildman–Crippen LogP) is 0.726. The standard InChI is InChI=1S/C10H18N4O/c1-14-8-12-10(13-14)15-7-3-2-6-11-9-4-5-9/h8-9,11H,2-7H2,1H3. The maximum absolute atomic E-state index is 5.38. The van der Waals surface area contributed by atoms with E-state index in [4.69, 9.17) is 4.74 Å².